The van der Waals surface area contributed by atoms with E-state index in [-0.39, 0.29) is 0 Å². The largest absolute Gasteiger partial charge is 0.489 e. The predicted molar refractivity (Wildman–Crippen MR) is 73.3 cm³/mol. The van der Waals surface area contributed by atoms with Gasteiger partial charge in [-0.3, -0.25) is 4.79 Å². The van der Waals surface area contributed by atoms with Crippen molar-refractivity contribution < 1.29 is 14.6 Å². The Hall–Kier alpha value is -2.29. The first-order valence-electron chi connectivity index (χ1n) is 6.16. The summed E-state index contributed by atoms with van der Waals surface area (Å²) in [4.78, 5) is 10.9. The molecule has 1 unspecified atom stereocenters. The van der Waals surface area contributed by atoms with Crippen molar-refractivity contribution >= 4 is 5.97 Å². The maximum absolute atomic E-state index is 10.9. The molecule has 2 rings (SSSR count). The molecular weight excluding hydrogens is 240 g/mol. The highest BCUT2D eigenvalue weighted by molar-refractivity contribution is 5.75. The van der Waals surface area contributed by atoms with Crippen LogP contribution < -0.4 is 4.74 Å². The lowest BCUT2D eigenvalue weighted by atomic mass is 10.0. The van der Waals surface area contributed by atoms with Crippen molar-refractivity contribution in [2.75, 3.05) is 0 Å². The summed E-state index contributed by atoms with van der Waals surface area (Å²) in [5.41, 5.74) is 1.83. The van der Waals surface area contributed by atoms with Crippen molar-refractivity contribution in [3.63, 3.8) is 0 Å². The number of hydrogen-bond acceptors (Lipinski definition) is 2. The van der Waals surface area contributed by atoms with Crippen molar-refractivity contribution in [2.24, 2.45) is 0 Å². The molecule has 2 aromatic rings. The van der Waals surface area contributed by atoms with Gasteiger partial charge >= 0.3 is 5.97 Å². The van der Waals surface area contributed by atoms with E-state index in [1.807, 2.05) is 42.5 Å². The van der Waals surface area contributed by atoms with E-state index in [2.05, 4.69) is 0 Å². The SMILES string of the molecule is CC(C(=O)O)c1cccc(OCc2ccccc2)c1. The third-order valence-corrected chi connectivity index (χ3v) is 2.98. The maximum atomic E-state index is 10.9. The number of ether oxygens (including phenoxy) is 1. The van der Waals surface area contributed by atoms with Crippen molar-refractivity contribution in [2.45, 2.75) is 19.4 Å². The Morgan fingerprint density at radius 1 is 1.16 bits per heavy atom. The van der Waals surface area contributed by atoms with Crippen LogP contribution in [0.25, 0.3) is 0 Å². The molecule has 0 aromatic heterocycles. The van der Waals surface area contributed by atoms with Crippen molar-refractivity contribution in [3.05, 3.63) is 65.7 Å². The van der Waals surface area contributed by atoms with Crippen LogP contribution in [-0.2, 0) is 11.4 Å². The van der Waals surface area contributed by atoms with Crippen molar-refractivity contribution in [1.29, 1.82) is 0 Å². The Bertz CT molecular complexity index is 549. The molecule has 0 amide bonds. The van der Waals surface area contributed by atoms with Crippen LogP contribution in [0.2, 0.25) is 0 Å². The molecule has 0 heterocycles. The Kier molecular flexibility index (Phi) is 4.18. The molecule has 2 aromatic carbocycles. The van der Waals surface area contributed by atoms with Gasteiger partial charge in [0, 0.05) is 0 Å². The molecular formula is C16H16O3. The number of aliphatic carboxylic acids is 1. The minimum absolute atomic E-state index is 0.478. The van der Waals surface area contributed by atoms with Crippen LogP contribution >= 0.6 is 0 Å². The second-order valence-corrected chi connectivity index (χ2v) is 4.41. The molecule has 0 aliphatic heterocycles. The molecule has 3 heteroatoms. The lowest BCUT2D eigenvalue weighted by Crippen LogP contribution is -2.07. The highest BCUT2D eigenvalue weighted by Gasteiger charge is 2.13. The van der Waals surface area contributed by atoms with E-state index in [0.29, 0.717) is 12.4 Å². The number of carbonyl (C=O) groups is 1. The standard InChI is InChI=1S/C16H16O3/c1-12(16(17)18)14-8-5-9-15(10-14)19-11-13-6-3-2-4-7-13/h2-10,12H,11H2,1H3,(H,17,18). The quantitative estimate of drug-likeness (QED) is 0.891. The average molecular weight is 256 g/mol. The monoisotopic (exact) mass is 256 g/mol. The van der Waals surface area contributed by atoms with Crippen LogP contribution in [0.5, 0.6) is 5.75 Å². The van der Waals surface area contributed by atoms with E-state index >= 15 is 0 Å². The summed E-state index contributed by atoms with van der Waals surface area (Å²) < 4.78 is 5.67. The van der Waals surface area contributed by atoms with Gasteiger partial charge in [-0.1, -0.05) is 42.5 Å². The zero-order chi connectivity index (χ0) is 13.7. The highest BCUT2D eigenvalue weighted by atomic mass is 16.5. The summed E-state index contributed by atoms with van der Waals surface area (Å²) in [5.74, 6) is -0.671. The molecule has 1 N–H and O–H groups in total. The van der Waals surface area contributed by atoms with E-state index < -0.39 is 11.9 Å². The molecule has 0 spiro atoms. The first-order chi connectivity index (χ1) is 9.16. The molecule has 0 saturated heterocycles. The molecule has 1 atom stereocenters. The fraction of sp³-hybridized carbons (Fsp3) is 0.188. The molecule has 0 bridgehead atoms. The number of benzene rings is 2. The fourth-order valence-electron chi connectivity index (χ4n) is 1.76. The van der Waals surface area contributed by atoms with Crippen LogP contribution in [0.15, 0.2) is 54.6 Å². The zero-order valence-corrected chi connectivity index (χ0v) is 10.7. The van der Waals surface area contributed by atoms with Crippen LogP contribution in [0.1, 0.15) is 24.0 Å². The molecule has 19 heavy (non-hydrogen) atoms. The maximum Gasteiger partial charge on any atom is 0.310 e. The van der Waals surface area contributed by atoms with E-state index in [0.717, 1.165) is 11.1 Å². The van der Waals surface area contributed by atoms with Gasteiger partial charge < -0.3 is 9.84 Å². The van der Waals surface area contributed by atoms with Gasteiger partial charge in [0.25, 0.3) is 0 Å². The van der Waals surface area contributed by atoms with Gasteiger partial charge in [-0.15, -0.1) is 0 Å². The topological polar surface area (TPSA) is 46.5 Å². The fourth-order valence-corrected chi connectivity index (χ4v) is 1.76. The Morgan fingerprint density at radius 2 is 1.89 bits per heavy atom. The predicted octanol–water partition coefficient (Wildman–Crippen LogP) is 3.45. The first kappa shape index (κ1) is 13.1. The molecule has 0 fully saturated rings. The lowest BCUT2D eigenvalue weighted by molar-refractivity contribution is -0.138. The summed E-state index contributed by atoms with van der Waals surface area (Å²) in [6.45, 7) is 2.14. The summed E-state index contributed by atoms with van der Waals surface area (Å²) in [6, 6.07) is 17.1. The van der Waals surface area contributed by atoms with Crippen LogP contribution in [0.4, 0.5) is 0 Å². The Balaban J connectivity index is 2.05. The summed E-state index contributed by atoms with van der Waals surface area (Å²) in [5, 5.41) is 8.99. The Morgan fingerprint density at radius 3 is 2.58 bits per heavy atom. The van der Waals surface area contributed by atoms with Crippen molar-refractivity contribution in [1.82, 2.24) is 0 Å². The van der Waals surface area contributed by atoms with Gasteiger partial charge in [-0.2, -0.15) is 0 Å². The molecule has 3 nitrogen and oxygen atoms in total. The van der Waals surface area contributed by atoms with Gasteiger partial charge in [-0.25, -0.2) is 0 Å². The molecule has 0 radical (unpaired) electrons. The smallest absolute Gasteiger partial charge is 0.310 e. The minimum atomic E-state index is -0.833. The van der Waals surface area contributed by atoms with Crippen LogP contribution in [-0.4, -0.2) is 11.1 Å². The second kappa shape index (κ2) is 6.05. The number of rotatable bonds is 5. The van der Waals surface area contributed by atoms with E-state index in [1.165, 1.54) is 0 Å². The van der Waals surface area contributed by atoms with Crippen LogP contribution in [0.3, 0.4) is 0 Å². The van der Waals surface area contributed by atoms with E-state index in [1.54, 1.807) is 19.1 Å². The third kappa shape index (κ3) is 3.58. The van der Waals surface area contributed by atoms with E-state index in [9.17, 15) is 4.79 Å². The number of carboxylic acids is 1. The second-order valence-electron chi connectivity index (χ2n) is 4.41. The van der Waals surface area contributed by atoms with Gasteiger partial charge in [0.1, 0.15) is 12.4 Å². The molecule has 98 valence electrons. The number of hydrogen-bond donors (Lipinski definition) is 1. The lowest BCUT2D eigenvalue weighted by Gasteiger charge is -2.10. The van der Waals surface area contributed by atoms with Crippen molar-refractivity contribution in [3.8, 4) is 5.75 Å². The van der Waals surface area contributed by atoms with E-state index in [4.69, 9.17) is 9.84 Å². The molecule has 0 aliphatic rings. The normalized spacial score (nSPS) is 11.8. The van der Waals surface area contributed by atoms with Gasteiger partial charge in [0.05, 0.1) is 5.92 Å². The molecule has 0 saturated carbocycles. The third-order valence-electron chi connectivity index (χ3n) is 2.98. The number of carboxylic acid groups (broad SMARTS) is 1. The minimum Gasteiger partial charge on any atom is -0.489 e. The summed E-state index contributed by atoms with van der Waals surface area (Å²) >= 11 is 0. The highest BCUT2D eigenvalue weighted by Crippen LogP contribution is 2.21. The first-order valence-corrected chi connectivity index (χ1v) is 6.16. The Labute approximate surface area is 112 Å². The zero-order valence-electron chi connectivity index (χ0n) is 10.7. The average Bonchev–Trinajstić information content (AvgIpc) is 2.45. The van der Waals surface area contributed by atoms with Gasteiger partial charge in [-0.05, 0) is 30.2 Å². The molecule has 0 aliphatic carbocycles. The van der Waals surface area contributed by atoms with Crippen LogP contribution in [0, 0.1) is 0 Å². The van der Waals surface area contributed by atoms with Gasteiger partial charge in [0.2, 0.25) is 0 Å². The van der Waals surface area contributed by atoms with Gasteiger partial charge in [0.15, 0.2) is 0 Å². The summed E-state index contributed by atoms with van der Waals surface area (Å²) in [7, 11) is 0. The summed E-state index contributed by atoms with van der Waals surface area (Å²) in [6.07, 6.45) is 0.